The lowest BCUT2D eigenvalue weighted by Gasteiger charge is -2.34. The van der Waals surface area contributed by atoms with Crippen LogP contribution < -0.4 is 5.32 Å². The Labute approximate surface area is 120 Å². The van der Waals surface area contributed by atoms with Gasteiger partial charge in [-0.05, 0) is 36.5 Å². The zero-order valence-electron chi connectivity index (χ0n) is 10.8. The van der Waals surface area contributed by atoms with Crippen molar-refractivity contribution in [2.24, 2.45) is 5.92 Å². The number of nitrogens with zero attached hydrogens (tertiary/aromatic N) is 2. The lowest BCUT2D eigenvalue weighted by atomic mass is 9.77. The molecule has 1 N–H and O–H groups in total. The summed E-state index contributed by atoms with van der Waals surface area (Å²) in [6, 6.07) is 9.19. The summed E-state index contributed by atoms with van der Waals surface area (Å²) in [4.78, 5) is 0. The Morgan fingerprint density at radius 2 is 2.00 bits per heavy atom. The van der Waals surface area contributed by atoms with Crippen LogP contribution >= 0.6 is 15.9 Å². The first-order valence-electron chi connectivity index (χ1n) is 6.54. The second kappa shape index (κ2) is 5.33. The van der Waals surface area contributed by atoms with Crippen LogP contribution in [0, 0.1) is 12.8 Å². The third-order valence-corrected chi connectivity index (χ3v) is 4.18. The van der Waals surface area contributed by atoms with E-state index >= 15 is 0 Å². The van der Waals surface area contributed by atoms with Crippen LogP contribution in [0.5, 0.6) is 0 Å². The van der Waals surface area contributed by atoms with E-state index in [-0.39, 0.29) is 6.04 Å². The highest BCUT2D eigenvalue weighted by molar-refractivity contribution is 9.10. The van der Waals surface area contributed by atoms with Crippen molar-refractivity contribution in [3.05, 3.63) is 40.2 Å². The molecule has 1 aromatic carbocycles. The number of anilines is 1. The van der Waals surface area contributed by atoms with E-state index in [4.69, 9.17) is 4.42 Å². The van der Waals surface area contributed by atoms with Gasteiger partial charge in [-0.3, -0.25) is 0 Å². The van der Waals surface area contributed by atoms with E-state index in [9.17, 15) is 0 Å². The van der Waals surface area contributed by atoms with Gasteiger partial charge < -0.3 is 9.73 Å². The van der Waals surface area contributed by atoms with Crippen LogP contribution in [0.15, 0.2) is 33.2 Å². The summed E-state index contributed by atoms with van der Waals surface area (Å²) in [6.45, 7) is 1.80. The zero-order chi connectivity index (χ0) is 13.2. The lowest BCUT2D eigenvalue weighted by molar-refractivity contribution is 0.273. The fourth-order valence-corrected chi connectivity index (χ4v) is 2.67. The molecule has 100 valence electrons. The molecule has 0 amide bonds. The molecule has 0 saturated heterocycles. The predicted octanol–water partition coefficient (Wildman–Crippen LogP) is 4.09. The number of nitrogens with one attached hydrogen (secondary N) is 1. The minimum Gasteiger partial charge on any atom is -0.408 e. The van der Waals surface area contributed by atoms with E-state index < -0.39 is 0 Å². The first kappa shape index (κ1) is 12.7. The van der Waals surface area contributed by atoms with E-state index in [0.29, 0.717) is 17.8 Å². The zero-order valence-corrected chi connectivity index (χ0v) is 12.4. The highest BCUT2D eigenvalue weighted by Gasteiger charge is 2.29. The lowest BCUT2D eigenvalue weighted by Crippen LogP contribution is -2.26. The Morgan fingerprint density at radius 3 is 2.53 bits per heavy atom. The van der Waals surface area contributed by atoms with Gasteiger partial charge in [-0.25, -0.2) is 0 Å². The molecule has 1 heterocycles. The molecule has 2 aromatic rings. The van der Waals surface area contributed by atoms with Gasteiger partial charge in [-0.15, -0.1) is 5.10 Å². The molecule has 1 aromatic heterocycles. The van der Waals surface area contributed by atoms with Gasteiger partial charge in [0, 0.05) is 11.4 Å². The number of hydrogen-bond donors (Lipinski definition) is 1. The number of hydrogen-bond acceptors (Lipinski definition) is 4. The van der Waals surface area contributed by atoms with Crippen LogP contribution in [0.2, 0.25) is 0 Å². The van der Waals surface area contributed by atoms with Gasteiger partial charge in [0.15, 0.2) is 0 Å². The average Bonchev–Trinajstić information content (AvgIpc) is 2.73. The first-order chi connectivity index (χ1) is 9.22. The maximum Gasteiger partial charge on any atom is 0.315 e. The van der Waals surface area contributed by atoms with Crippen molar-refractivity contribution < 1.29 is 4.42 Å². The minimum absolute atomic E-state index is 0.252. The van der Waals surface area contributed by atoms with Crippen molar-refractivity contribution in [1.82, 2.24) is 10.2 Å². The third-order valence-electron chi connectivity index (χ3n) is 3.66. The highest BCUT2D eigenvalue weighted by Crippen LogP contribution is 2.39. The quantitative estimate of drug-likeness (QED) is 0.921. The Kier molecular flexibility index (Phi) is 3.55. The summed E-state index contributed by atoms with van der Waals surface area (Å²) in [5.41, 5.74) is 1.27. The Balaban J connectivity index is 1.82. The second-order valence-electron chi connectivity index (χ2n) is 4.99. The predicted molar refractivity (Wildman–Crippen MR) is 76.9 cm³/mol. The van der Waals surface area contributed by atoms with Crippen molar-refractivity contribution >= 4 is 21.9 Å². The maximum absolute atomic E-state index is 5.44. The van der Waals surface area contributed by atoms with Crippen molar-refractivity contribution in [3.8, 4) is 0 Å². The maximum atomic E-state index is 5.44. The second-order valence-corrected chi connectivity index (χ2v) is 5.91. The molecule has 5 heteroatoms. The molecule has 1 unspecified atom stereocenters. The number of halogens is 1. The summed E-state index contributed by atoms with van der Waals surface area (Å²) in [6.07, 6.45) is 3.81. The first-order valence-corrected chi connectivity index (χ1v) is 7.34. The van der Waals surface area contributed by atoms with Gasteiger partial charge in [0.2, 0.25) is 5.89 Å². The van der Waals surface area contributed by atoms with E-state index in [1.165, 1.54) is 24.8 Å². The monoisotopic (exact) mass is 321 g/mol. The average molecular weight is 322 g/mol. The van der Waals surface area contributed by atoms with E-state index in [0.717, 1.165) is 4.47 Å². The van der Waals surface area contributed by atoms with Crippen LogP contribution in [-0.2, 0) is 0 Å². The Morgan fingerprint density at radius 1 is 1.26 bits per heavy atom. The molecular weight excluding hydrogens is 306 g/mol. The molecule has 1 fully saturated rings. The molecule has 0 bridgehead atoms. The van der Waals surface area contributed by atoms with E-state index in [1.54, 1.807) is 6.92 Å². The molecule has 1 saturated carbocycles. The molecule has 0 radical (unpaired) electrons. The van der Waals surface area contributed by atoms with Gasteiger partial charge in [0.1, 0.15) is 0 Å². The smallest absolute Gasteiger partial charge is 0.315 e. The van der Waals surface area contributed by atoms with Crippen molar-refractivity contribution in [3.63, 3.8) is 0 Å². The van der Waals surface area contributed by atoms with Gasteiger partial charge in [0.25, 0.3) is 0 Å². The van der Waals surface area contributed by atoms with Crippen LogP contribution in [0.25, 0.3) is 0 Å². The van der Waals surface area contributed by atoms with Gasteiger partial charge in [0.05, 0.1) is 6.04 Å². The summed E-state index contributed by atoms with van der Waals surface area (Å²) in [5.74, 6) is 1.24. The van der Waals surface area contributed by atoms with Crippen molar-refractivity contribution in [2.45, 2.75) is 32.2 Å². The number of aryl methyl sites for hydroxylation is 1. The molecule has 0 spiro atoms. The van der Waals surface area contributed by atoms with Crippen molar-refractivity contribution in [1.29, 1.82) is 0 Å². The fourth-order valence-electron chi connectivity index (χ4n) is 2.40. The van der Waals surface area contributed by atoms with E-state index in [2.05, 4.69) is 55.7 Å². The summed E-state index contributed by atoms with van der Waals surface area (Å²) >= 11 is 3.47. The fraction of sp³-hybridized carbons (Fsp3) is 0.429. The number of rotatable bonds is 4. The van der Waals surface area contributed by atoms with Crippen LogP contribution in [-0.4, -0.2) is 10.2 Å². The van der Waals surface area contributed by atoms with E-state index in [1.807, 2.05) is 0 Å². The SMILES string of the molecule is Cc1nnc(NC(c2ccc(Br)cc2)C2CCC2)o1. The topological polar surface area (TPSA) is 51.0 Å². The normalized spacial score (nSPS) is 16.9. The van der Waals surface area contributed by atoms with Gasteiger partial charge in [-0.1, -0.05) is 39.6 Å². The summed E-state index contributed by atoms with van der Waals surface area (Å²) in [7, 11) is 0. The number of aromatic nitrogens is 2. The summed E-state index contributed by atoms with van der Waals surface area (Å²) < 4.78 is 6.53. The van der Waals surface area contributed by atoms with Crippen LogP contribution in [0.4, 0.5) is 6.01 Å². The van der Waals surface area contributed by atoms with Gasteiger partial charge in [-0.2, -0.15) is 0 Å². The molecule has 1 aliphatic carbocycles. The third kappa shape index (κ3) is 2.81. The minimum atomic E-state index is 0.252. The van der Waals surface area contributed by atoms with Crippen LogP contribution in [0.3, 0.4) is 0 Å². The molecule has 19 heavy (non-hydrogen) atoms. The standard InChI is InChI=1S/C14H16BrN3O/c1-9-17-18-14(19-9)16-13(10-3-2-4-10)11-5-7-12(15)8-6-11/h5-8,10,13H,2-4H2,1H3,(H,16,18). The largest absolute Gasteiger partial charge is 0.408 e. The number of benzene rings is 1. The molecule has 1 aliphatic rings. The van der Waals surface area contributed by atoms with Crippen LogP contribution in [0.1, 0.15) is 36.8 Å². The van der Waals surface area contributed by atoms with Gasteiger partial charge >= 0.3 is 6.01 Å². The molecule has 1 atom stereocenters. The molecule has 0 aliphatic heterocycles. The Bertz CT molecular complexity index is 548. The van der Waals surface area contributed by atoms with Crippen molar-refractivity contribution in [2.75, 3.05) is 5.32 Å². The molecular formula is C14H16BrN3O. The molecule has 4 nitrogen and oxygen atoms in total. The molecule has 3 rings (SSSR count). The Hall–Kier alpha value is -1.36. The highest BCUT2D eigenvalue weighted by atomic mass is 79.9. The summed E-state index contributed by atoms with van der Waals surface area (Å²) in [5, 5.41) is 11.3.